The number of rotatable bonds is 1. The number of aromatic hydroxyl groups is 1. The normalized spacial score (nSPS) is 9.06. The molecule has 16 heavy (non-hydrogen) atoms. The summed E-state index contributed by atoms with van der Waals surface area (Å²) in [5, 5.41) is 9.99. The van der Waals surface area contributed by atoms with Crippen LogP contribution in [0, 0.1) is 0 Å². The van der Waals surface area contributed by atoms with Crippen molar-refractivity contribution in [2.24, 2.45) is 0 Å². The molecule has 0 atom stereocenters. The molecule has 0 unspecified atom stereocenters. The number of phenols is 1. The number of fused-ring (bicyclic) bond motifs is 1. The molecule has 0 fully saturated rings. The maximum Gasteiger partial charge on any atom is 0.354 e. The number of methoxy groups -OCH3 is 1. The maximum absolute atomic E-state index is 11.2. The fourth-order valence-corrected chi connectivity index (χ4v) is 1.34. The van der Waals surface area contributed by atoms with Gasteiger partial charge in [-0.15, -0.1) is 0 Å². The van der Waals surface area contributed by atoms with Crippen molar-refractivity contribution in [2.45, 2.75) is 14.9 Å². The largest absolute Gasteiger partial charge is 0.508 e. The van der Waals surface area contributed by atoms with E-state index in [0.717, 1.165) is 10.9 Å². The first-order valence-electron chi connectivity index (χ1n) is 4.11. The van der Waals surface area contributed by atoms with Crippen LogP contribution in [-0.2, 0) is 4.74 Å². The number of carbonyl (C=O) groups is 1. The fraction of sp³-hybridized carbons (Fsp3) is 0.250. The average molecular weight is 223 g/mol. The summed E-state index contributed by atoms with van der Waals surface area (Å²) in [4.78, 5) is 14.0. The summed E-state index contributed by atoms with van der Waals surface area (Å²) >= 11 is 0. The van der Waals surface area contributed by atoms with Crippen LogP contribution in [0.2, 0.25) is 0 Å². The Morgan fingerprint density at radius 1 is 1.31 bits per heavy atom. The van der Waals surface area contributed by atoms with Crippen LogP contribution in [0.5, 0.6) is 5.75 Å². The Labute approximate surface area is 94.9 Å². The van der Waals surface area contributed by atoms with Gasteiger partial charge in [0, 0.05) is 10.9 Å². The number of esters is 1. The van der Waals surface area contributed by atoms with Crippen LogP contribution in [0.1, 0.15) is 25.3 Å². The van der Waals surface area contributed by atoms with Gasteiger partial charge < -0.3 is 14.8 Å². The Hall–Kier alpha value is -1.97. The lowest BCUT2D eigenvalue weighted by Gasteiger charge is -1.92. The summed E-state index contributed by atoms with van der Waals surface area (Å²) in [6.45, 7) is 0. The number of benzene rings is 1. The highest BCUT2D eigenvalue weighted by Gasteiger charge is 2.08. The van der Waals surface area contributed by atoms with Crippen molar-refractivity contribution in [1.82, 2.24) is 4.98 Å². The average Bonchev–Trinajstić information content (AvgIpc) is 2.59. The van der Waals surface area contributed by atoms with Gasteiger partial charge in [-0.3, -0.25) is 0 Å². The third-order valence-corrected chi connectivity index (χ3v) is 2.01. The van der Waals surface area contributed by atoms with Gasteiger partial charge in [0.15, 0.2) is 0 Å². The second-order valence-electron chi connectivity index (χ2n) is 2.95. The summed E-state index contributed by atoms with van der Waals surface area (Å²) in [7, 11) is 1.32. The zero-order valence-corrected chi connectivity index (χ0v) is 7.57. The predicted octanol–water partition coefficient (Wildman–Crippen LogP) is 2.93. The third-order valence-electron chi connectivity index (χ3n) is 2.01. The SMILES string of the molecule is C.C.COC(=O)c1cc2cc(O)ccc2[nH]1. The van der Waals surface area contributed by atoms with E-state index >= 15 is 0 Å². The van der Waals surface area contributed by atoms with Crippen LogP contribution in [0.3, 0.4) is 0 Å². The van der Waals surface area contributed by atoms with Crippen LogP contribution in [0.25, 0.3) is 10.9 Å². The van der Waals surface area contributed by atoms with Gasteiger partial charge in [-0.1, -0.05) is 14.9 Å². The first kappa shape index (κ1) is 14.0. The quantitative estimate of drug-likeness (QED) is 0.730. The fourth-order valence-electron chi connectivity index (χ4n) is 1.34. The smallest absolute Gasteiger partial charge is 0.354 e. The number of phenolic OH excluding ortho intramolecular Hbond substituents is 1. The minimum Gasteiger partial charge on any atom is -0.508 e. The molecule has 88 valence electrons. The van der Waals surface area contributed by atoms with Crippen molar-refractivity contribution < 1.29 is 14.6 Å². The molecule has 2 aromatic rings. The molecule has 0 aliphatic heterocycles. The van der Waals surface area contributed by atoms with Crippen molar-refractivity contribution in [1.29, 1.82) is 0 Å². The molecule has 1 aromatic carbocycles. The molecule has 0 saturated carbocycles. The van der Waals surface area contributed by atoms with Gasteiger partial charge in [0.1, 0.15) is 11.4 Å². The van der Waals surface area contributed by atoms with Crippen LogP contribution < -0.4 is 0 Å². The maximum atomic E-state index is 11.2. The molecule has 0 aliphatic carbocycles. The van der Waals surface area contributed by atoms with Crippen LogP contribution >= 0.6 is 0 Å². The number of carbonyl (C=O) groups excluding carboxylic acids is 1. The van der Waals surface area contributed by atoms with Gasteiger partial charge in [0.05, 0.1) is 7.11 Å². The van der Waals surface area contributed by atoms with Crippen molar-refractivity contribution >= 4 is 16.9 Å². The van der Waals surface area contributed by atoms with Gasteiger partial charge >= 0.3 is 5.97 Å². The minimum atomic E-state index is -0.416. The molecule has 0 spiro atoms. The molecule has 0 saturated heterocycles. The Morgan fingerprint density at radius 3 is 2.62 bits per heavy atom. The van der Waals surface area contributed by atoms with Gasteiger partial charge in [-0.05, 0) is 24.3 Å². The van der Waals surface area contributed by atoms with Crippen molar-refractivity contribution in [3.63, 3.8) is 0 Å². The minimum absolute atomic E-state index is 0. The van der Waals surface area contributed by atoms with E-state index in [9.17, 15) is 9.90 Å². The van der Waals surface area contributed by atoms with E-state index in [2.05, 4.69) is 9.72 Å². The predicted molar refractivity (Wildman–Crippen MR) is 64.8 cm³/mol. The van der Waals surface area contributed by atoms with Gasteiger partial charge in [0.25, 0.3) is 0 Å². The third kappa shape index (κ3) is 2.34. The lowest BCUT2D eigenvalue weighted by molar-refractivity contribution is 0.0595. The van der Waals surface area contributed by atoms with Crippen molar-refractivity contribution in [2.75, 3.05) is 7.11 Å². The first-order valence-corrected chi connectivity index (χ1v) is 4.11. The summed E-state index contributed by atoms with van der Waals surface area (Å²) in [6.07, 6.45) is 0. The number of aromatic amines is 1. The number of hydrogen-bond donors (Lipinski definition) is 2. The summed E-state index contributed by atoms with van der Waals surface area (Å²) in [5.74, 6) is -0.242. The molecule has 2 rings (SSSR count). The molecular formula is C12H17NO3. The van der Waals surface area contributed by atoms with Crippen molar-refractivity contribution in [3.05, 3.63) is 30.0 Å². The van der Waals surface area contributed by atoms with E-state index in [-0.39, 0.29) is 20.6 Å². The van der Waals surface area contributed by atoms with E-state index in [1.54, 1.807) is 24.3 Å². The van der Waals surface area contributed by atoms with Crippen molar-refractivity contribution in [3.8, 4) is 5.75 Å². The lowest BCUT2D eigenvalue weighted by atomic mass is 10.2. The number of ether oxygens (including phenoxy) is 1. The molecule has 4 nitrogen and oxygen atoms in total. The highest BCUT2D eigenvalue weighted by Crippen LogP contribution is 2.20. The molecular weight excluding hydrogens is 206 g/mol. The highest BCUT2D eigenvalue weighted by atomic mass is 16.5. The van der Waals surface area contributed by atoms with E-state index in [1.807, 2.05) is 0 Å². The van der Waals surface area contributed by atoms with Crippen LogP contribution in [-0.4, -0.2) is 23.2 Å². The van der Waals surface area contributed by atoms with E-state index in [4.69, 9.17) is 0 Å². The van der Waals surface area contributed by atoms with Crippen LogP contribution in [0.4, 0.5) is 0 Å². The molecule has 1 aromatic heterocycles. The second kappa shape index (κ2) is 5.21. The van der Waals surface area contributed by atoms with E-state index < -0.39 is 5.97 Å². The van der Waals surface area contributed by atoms with Gasteiger partial charge in [0.2, 0.25) is 0 Å². The topological polar surface area (TPSA) is 62.3 Å². The molecule has 0 aliphatic rings. The second-order valence-corrected chi connectivity index (χ2v) is 2.95. The highest BCUT2D eigenvalue weighted by molar-refractivity contribution is 5.95. The van der Waals surface area contributed by atoms with E-state index in [1.165, 1.54) is 7.11 Å². The van der Waals surface area contributed by atoms with Gasteiger partial charge in [-0.25, -0.2) is 4.79 Å². The first-order chi connectivity index (χ1) is 6.70. The summed E-state index contributed by atoms with van der Waals surface area (Å²) in [6, 6.07) is 6.48. The standard InChI is InChI=1S/C10H9NO3.2CH4/c1-14-10(13)9-5-6-4-7(12)2-3-8(6)11-9;;/h2-5,11-12H,1H3;2*1H4. The Bertz CT molecular complexity index is 488. The number of H-pyrrole nitrogens is 1. The Kier molecular flexibility index (Phi) is 4.57. The van der Waals surface area contributed by atoms with E-state index in [0.29, 0.717) is 5.69 Å². The lowest BCUT2D eigenvalue weighted by Crippen LogP contribution is -2.00. The number of hydrogen-bond acceptors (Lipinski definition) is 3. The molecule has 4 heteroatoms. The molecule has 0 amide bonds. The molecule has 2 N–H and O–H groups in total. The van der Waals surface area contributed by atoms with Gasteiger partial charge in [-0.2, -0.15) is 0 Å². The summed E-state index contributed by atoms with van der Waals surface area (Å²) in [5.41, 5.74) is 1.18. The Morgan fingerprint density at radius 2 is 2.00 bits per heavy atom. The molecule has 1 heterocycles. The zero-order valence-electron chi connectivity index (χ0n) is 7.57. The molecule has 0 bridgehead atoms. The zero-order chi connectivity index (χ0) is 10.1. The summed E-state index contributed by atoms with van der Waals surface area (Å²) < 4.78 is 4.56. The number of aromatic nitrogens is 1. The Balaban J connectivity index is 0.00000112. The monoisotopic (exact) mass is 223 g/mol. The molecule has 0 radical (unpaired) electrons. The number of nitrogens with one attached hydrogen (secondary N) is 1. The van der Waals surface area contributed by atoms with Crippen LogP contribution in [0.15, 0.2) is 24.3 Å².